The topological polar surface area (TPSA) is 86.7 Å². The molecule has 2 amide bonds. The van der Waals surface area contributed by atoms with E-state index >= 15 is 0 Å². The molecule has 2 N–H and O–H groups in total. The summed E-state index contributed by atoms with van der Waals surface area (Å²) in [7, 11) is 1.80. The van der Waals surface area contributed by atoms with Crippen molar-refractivity contribution in [1.82, 2.24) is 10.2 Å². The number of hydrogen-bond acceptors (Lipinski definition) is 3. The minimum atomic E-state index is -0.968. The number of hydrogen-bond donors (Lipinski definition) is 2. The summed E-state index contributed by atoms with van der Waals surface area (Å²) in [6, 6.07) is -0.546. The molecule has 2 atom stereocenters. The van der Waals surface area contributed by atoms with Crippen LogP contribution >= 0.6 is 0 Å². The Morgan fingerprint density at radius 3 is 2.43 bits per heavy atom. The van der Waals surface area contributed by atoms with Gasteiger partial charge in [0, 0.05) is 19.5 Å². The van der Waals surface area contributed by atoms with Gasteiger partial charge in [-0.25, -0.2) is 0 Å². The molecule has 0 radical (unpaired) electrons. The molecule has 1 fully saturated rings. The molecule has 0 bridgehead atoms. The average molecular weight is 393 g/mol. The van der Waals surface area contributed by atoms with E-state index in [-0.39, 0.29) is 18.2 Å². The Morgan fingerprint density at radius 1 is 1.07 bits per heavy atom. The van der Waals surface area contributed by atoms with E-state index in [4.69, 9.17) is 0 Å². The fraction of sp³-hybridized carbons (Fsp3) is 0.773. The van der Waals surface area contributed by atoms with Crippen molar-refractivity contribution in [1.29, 1.82) is 0 Å². The maximum atomic E-state index is 13.0. The molecule has 28 heavy (non-hydrogen) atoms. The zero-order valence-corrected chi connectivity index (χ0v) is 17.2. The van der Waals surface area contributed by atoms with Gasteiger partial charge in [-0.05, 0) is 44.4 Å². The number of likely N-dealkylation sites (N-methyl/N-ethyl adjacent to an activating group) is 1. The van der Waals surface area contributed by atoms with Crippen LogP contribution in [0.1, 0.15) is 77.0 Å². The van der Waals surface area contributed by atoms with Crippen molar-refractivity contribution < 1.29 is 19.5 Å². The van der Waals surface area contributed by atoms with E-state index in [9.17, 15) is 19.5 Å². The Balaban J connectivity index is 2.14. The van der Waals surface area contributed by atoms with E-state index in [1.807, 2.05) is 0 Å². The normalized spacial score (nSPS) is 27.7. The van der Waals surface area contributed by atoms with Gasteiger partial charge < -0.3 is 15.3 Å². The summed E-state index contributed by atoms with van der Waals surface area (Å²) in [5.74, 6) is -1.43. The third-order valence-electron chi connectivity index (χ3n) is 6.03. The van der Waals surface area contributed by atoms with E-state index in [1.165, 1.54) is 19.3 Å². The molecule has 1 aliphatic heterocycles. The summed E-state index contributed by atoms with van der Waals surface area (Å²) in [6.07, 6.45) is 14.5. The minimum absolute atomic E-state index is 0.0472. The molecule has 6 nitrogen and oxygen atoms in total. The second-order valence-electron chi connectivity index (χ2n) is 8.40. The molecule has 1 heterocycles. The van der Waals surface area contributed by atoms with E-state index < -0.39 is 17.9 Å². The molecule has 0 aromatic rings. The second kappa shape index (κ2) is 11.9. The Bertz CT molecular complexity index is 555. The van der Waals surface area contributed by atoms with Gasteiger partial charge in [-0.2, -0.15) is 0 Å². The van der Waals surface area contributed by atoms with Gasteiger partial charge in [0.2, 0.25) is 11.8 Å². The van der Waals surface area contributed by atoms with Crippen LogP contribution in [0.5, 0.6) is 0 Å². The smallest absolute Gasteiger partial charge is 0.304 e. The van der Waals surface area contributed by atoms with Crippen molar-refractivity contribution >= 4 is 17.8 Å². The van der Waals surface area contributed by atoms with Crippen molar-refractivity contribution in [2.24, 2.45) is 11.8 Å². The lowest BCUT2D eigenvalue weighted by atomic mass is 9.84. The van der Waals surface area contributed by atoms with Crippen molar-refractivity contribution in [3.63, 3.8) is 0 Å². The fourth-order valence-electron chi connectivity index (χ4n) is 4.34. The van der Waals surface area contributed by atoms with Crippen LogP contribution < -0.4 is 5.32 Å². The molecular formula is C22H36N2O4. The molecule has 0 saturated heterocycles. The fourth-order valence-corrected chi connectivity index (χ4v) is 4.34. The summed E-state index contributed by atoms with van der Waals surface area (Å²) in [5, 5.41) is 12.1. The van der Waals surface area contributed by atoms with E-state index in [1.54, 1.807) is 11.9 Å². The van der Waals surface area contributed by atoms with Crippen LogP contribution in [0.3, 0.4) is 0 Å². The monoisotopic (exact) mass is 392 g/mol. The lowest BCUT2D eigenvalue weighted by Gasteiger charge is -2.30. The quantitative estimate of drug-likeness (QED) is 0.717. The molecule has 158 valence electrons. The molecule has 6 heteroatoms. The number of carbonyl (C=O) groups is 3. The van der Waals surface area contributed by atoms with Gasteiger partial charge >= 0.3 is 5.97 Å². The van der Waals surface area contributed by atoms with Gasteiger partial charge in [0.15, 0.2) is 0 Å². The van der Waals surface area contributed by atoms with E-state index in [0.717, 1.165) is 38.5 Å². The zero-order chi connectivity index (χ0) is 20.4. The first-order chi connectivity index (χ1) is 13.5. The van der Waals surface area contributed by atoms with Gasteiger partial charge in [-0.15, -0.1) is 0 Å². The van der Waals surface area contributed by atoms with Crippen LogP contribution in [0.4, 0.5) is 0 Å². The van der Waals surface area contributed by atoms with Crippen LogP contribution in [0.15, 0.2) is 12.2 Å². The van der Waals surface area contributed by atoms with Crippen LogP contribution in [-0.2, 0) is 14.4 Å². The molecule has 2 aliphatic rings. The van der Waals surface area contributed by atoms with Gasteiger partial charge in [0.1, 0.15) is 6.04 Å². The number of rotatable bonds is 4. The van der Waals surface area contributed by atoms with Gasteiger partial charge in [-0.3, -0.25) is 14.4 Å². The summed E-state index contributed by atoms with van der Waals surface area (Å²) in [6.45, 7) is 0.665. The standard InChI is InChI=1S/C22H36N2O4/c1-24-14-10-5-3-2-4-9-13-18(16-20(25)26)21(27)23-19(22(24)28)15-17-11-7-6-8-12-17/h2-3,17-19H,4-16H2,1H3,(H,23,27)(H,25,26)/b3-2+/t18-,19+/m1/s1. The Morgan fingerprint density at radius 2 is 1.75 bits per heavy atom. The highest BCUT2D eigenvalue weighted by Gasteiger charge is 2.31. The molecule has 0 aromatic carbocycles. The van der Waals surface area contributed by atoms with Crippen LogP contribution in [0.25, 0.3) is 0 Å². The van der Waals surface area contributed by atoms with Crippen molar-refractivity contribution in [2.75, 3.05) is 13.6 Å². The van der Waals surface area contributed by atoms with Crippen molar-refractivity contribution in [3.05, 3.63) is 12.2 Å². The first-order valence-corrected chi connectivity index (χ1v) is 10.9. The van der Waals surface area contributed by atoms with Crippen molar-refractivity contribution in [2.45, 2.75) is 83.1 Å². The lowest BCUT2D eigenvalue weighted by molar-refractivity contribution is -0.142. The number of aliphatic carboxylic acids is 1. The van der Waals surface area contributed by atoms with Gasteiger partial charge in [0.25, 0.3) is 0 Å². The predicted octanol–water partition coefficient (Wildman–Crippen LogP) is 3.51. The average Bonchev–Trinajstić information content (AvgIpc) is 2.67. The van der Waals surface area contributed by atoms with Crippen molar-refractivity contribution in [3.8, 4) is 0 Å². The van der Waals surface area contributed by atoms with Crippen LogP contribution in [-0.4, -0.2) is 47.4 Å². The van der Waals surface area contributed by atoms with E-state index in [0.29, 0.717) is 25.3 Å². The first-order valence-electron chi connectivity index (χ1n) is 10.9. The SMILES string of the molecule is CN1CCC/C=C/CCC[C@H](CC(=O)O)C(=O)N[C@@H](CC2CCCCC2)C1=O. The maximum Gasteiger partial charge on any atom is 0.304 e. The highest BCUT2D eigenvalue weighted by Crippen LogP contribution is 2.28. The summed E-state index contributed by atoms with van der Waals surface area (Å²) >= 11 is 0. The number of carbonyl (C=O) groups excluding carboxylic acids is 2. The number of amides is 2. The van der Waals surface area contributed by atoms with Gasteiger partial charge in [0.05, 0.1) is 6.42 Å². The predicted molar refractivity (Wildman–Crippen MR) is 109 cm³/mol. The minimum Gasteiger partial charge on any atom is -0.481 e. The summed E-state index contributed by atoms with van der Waals surface area (Å²) < 4.78 is 0. The molecule has 1 aliphatic carbocycles. The molecule has 0 aromatic heterocycles. The summed E-state index contributed by atoms with van der Waals surface area (Å²) in [5.41, 5.74) is 0. The number of nitrogens with one attached hydrogen (secondary N) is 1. The molecule has 0 unspecified atom stereocenters. The first kappa shape index (κ1) is 22.4. The third kappa shape index (κ3) is 7.64. The largest absolute Gasteiger partial charge is 0.481 e. The zero-order valence-electron chi connectivity index (χ0n) is 17.2. The molecule has 0 spiro atoms. The number of carboxylic acid groups (broad SMARTS) is 1. The number of allylic oxidation sites excluding steroid dienone is 2. The highest BCUT2D eigenvalue weighted by atomic mass is 16.4. The Hall–Kier alpha value is -1.85. The third-order valence-corrected chi connectivity index (χ3v) is 6.03. The second-order valence-corrected chi connectivity index (χ2v) is 8.40. The number of carboxylic acids is 1. The van der Waals surface area contributed by atoms with Gasteiger partial charge in [-0.1, -0.05) is 44.3 Å². The lowest BCUT2D eigenvalue weighted by Crippen LogP contribution is -2.50. The number of nitrogens with zero attached hydrogens (tertiary/aromatic N) is 1. The summed E-state index contributed by atoms with van der Waals surface area (Å²) in [4.78, 5) is 38.9. The van der Waals surface area contributed by atoms with E-state index in [2.05, 4.69) is 17.5 Å². The molecule has 1 saturated carbocycles. The molecule has 2 rings (SSSR count). The molecular weight excluding hydrogens is 356 g/mol. The van der Waals surface area contributed by atoms with Crippen LogP contribution in [0, 0.1) is 11.8 Å². The highest BCUT2D eigenvalue weighted by molar-refractivity contribution is 5.89. The Kier molecular flexibility index (Phi) is 9.51. The van der Waals surface area contributed by atoms with Crippen LogP contribution in [0.2, 0.25) is 0 Å². The maximum absolute atomic E-state index is 13.0. The Labute approximate surface area is 168 Å².